The van der Waals surface area contributed by atoms with E-state index >= 15 is 0 Å². The van der Waals surface area contributed by atoms with E-state index < -0.39 is 0 Å². The molecule has 19 heavy (non-hydrogen) atoms. The summed E-state index contributed by atoms with van der Waals surface area (Å²) in [6.07, 6.45) is 5.38. The number of rotatable bonds is 8. The third-order valence-electron chi connectivity index (χ3n) is 4.72. The molecule has 0 aliphatic heterocycles. The Bertz CT molecular complexity index is 249. The summed E-state index contributed by atoms with van der Waals surface area (Å²) in [5.74, 6) is 1.18. The average molecular weight is 270 g/mol. The van der Waals surface area contributed by atoms with Crippen LogP contribution in [0.3, 0.4) is 0 Å². The van der Waals surface area contributed by atoms with E-state index in [0.29, 0.717) is 24.4 Å². The second-order valence-corrected chi connectivity index (χ2v) is 6.88. The lowest BCUT2D eigenvalue weighted by Crippen LogP contribution is -2.63. The standard InChI is InChI=1S/C16H34N2O/c1-13(2)10-18(15-8-6-7-9-15)16(11-17,12-19-5)14(3)4/h13-15H,6-12,17H2,1-5H3. The first-order valence-corrected chi connectivity index (χ1v) is 7.93. The smallest absolute Gasteiger partial charge is 0.0661 e. The highest BCUT2D eigenvalue weighted by atomic mass is 16.5. The Kier molecular flexibility index (Phi) is 6.78. The Morgan fingerprint density at radius 1 is 1.21 bits per heavy atom. The molecule has 0 aromatic carbocycles. The highest BCUT2D eigenvalue weighted by molar-refractivity contribution is 4.98. The summed E-state index contributed by atoms with van der Waals surface area (Å²) in [6, 6.07) is 0.698. The monoisotopic (exact) mass is 270 g/mol. The van der Waals surface area contributed by atoms with Gasteiger partial charge >= 0.3 is 0 Å². The van der Waals surface area contributed by atoms with Crippen LogP contribution in [0.4, 0.5) is 0 Å². The van der Waals surface area contributed by atoms with Gasteiger partial charge in [0, 0.05) is 26.2 Å². The maximum absolute atomic E-state index is 6.22. The van der Waals surface area contributed by atoms with Crippen LogP contribution >= 0.6 is 0 Å². The molecule has 1 rings (SSSR count). The van der Waals surface area contributed by atoms with Gasteiger partial charge in [-0.1, -0.05) is 40.5 Å². The van der Waals surface area contributed by atoms with E-state index in [4.69, 9.17) is 10.5 Å². The number of hydrogen-bond donors (Lipinski definition) is 1. The molecule has 1 unspecified atom stereocenters. The number of ether oxygens (including phenoxy) is 1. The Morgan fingerprint density at radius 3 is 2.16 bits per heavy atom. The van der Waals surface area contributed by atoms with Crippen molar-refractivity contribution in [2.24, 2.45) is 17.6 Å². The molecule has 0 aromatic rings. The van der Waals surface area contributed by atoms with Crippen LogP contribution < -0.4 is 5.73 Å². The van der Waals surface area contributed by atoms with Crippen molar-refractivity contribution >= 4 is 0 Å². The maximum Gasteiger partial charge on any atom is 0.0661 e. The van der Waals surface area contributed by atoms with Gasteiger partial charge in [0.25, 0.3) is 0 Å². The van der Waals surface area contributed by atoms with Gasteiger partial charge in [-0.25, -0.2) is 0 Å². The SMILES string of the molecule is COCC(CN)(C(C)C)N(CC(C)C)C1CCCC1. The first-order valence-electron chi connectivity index (χ1n) is 7.93. The normalized spacial score (nSPS) is 20.7. The van der Waals surface area contributed by atoms with Crippen molar-refractivity contribution in [2.75, 3.05) is 26.8 Å². The second kappa shape index (κ2) is 7.61. The van der Waals surface area contributed by atoms with Gasteiger partial charge in [0.15, 0.2) is 0 Å². The van der Waals surface area contributed by atoms with Gasteiger partial charge in [0.2, 0.25) is 0 Å². The predicted molar refractivity (Wildman–Crippen MR) is 82.3 cm³/mol. The van der Waals surface area contributed by atoms with Crippen molar-refractivity contribution in [1.29, 1.82) is 0 Å². The largest absolute Gasteiger partial charge is 0.383 e. The Labute approximate surface area is 119 Å². The number of nitrogens with zero attached hydrogens (tertiary/aromatic N) is 1. The zero-order valence-corrected chi connectivity index (χ0v) is 13.6. The van der Waals surface area contributed by atoms with Crippen molar-refractivity contribution < 1.29 is 4.74 Å². The van der Waals surface area contributed by atoms with Crippen LogP contribution in [-0.4, -0.2) is 43.3 Å². The average Bonchev–Trinajstić information content (AvgIpc) is 2.86. The summed E-state index contributed by atoms with van der Waals surface area (Å²) in [5, 5.41) is 0. The third kappa shape index (κ3) is 3.93. The van der Waals surface area contributed by atoms with Crippen molar-refractivity contribution in [3.8, 4) is 0 Å². The number of nitrogens with two attached hydrogens (primary N) is 1. The minimum atomic E-state index is -0.00593. The molecular weight excluding hydrogens is 236 g/mol. The molecule has 2 N–H and O–H groups in total. The zero-order chi connectivity index (χ0) is 14.5. The predicted octanol–water partition coefficient (Wildman–Crippen LogP) is 2.89. The summed E-state index contributed by atoms with van der Waals surface area (Å²) in [7, 11) is 1.80. The molecule has 0 aromatic heterocycles. The molecule has 114 valence electrons. The molecule has 0 radical (unpaired) electrons. The Hall–Kier alpha value is -0.120. The summed E-state index contributed by atoms with van der Waals surface area (Å²) in [4.78, 5) is 2.69. The molecule has 1 fully saturated rings. The van der Waals surface area contributed by atoms with Crippen LogP contribution in [-0.2, 0) is 4.74 Å². The van der Waals surface area contributed by atoms with E-state index in [1.165, 1.54) is 25.7 Å². The van der Waals surface area contributed by atoms with E-state index in [1.54, 1.807) is 7.11 Å². The molecule has 3 heteroatoms. The van der Waals surface area contributed by atoms with Crippen molar-refractivity contribution in [3.05, 3.63) is 0 Å². The molecular formula is C16H34N2O. The quantitative estimate of drug-likeness (QED) is 0.737. The van der Waals surface area contributed by atoms with Gasteiger partial charge in [-0.05, 0) is 24.7 Å². The minimum Gasteiger partial charge on any atom is -0.383 e. The van der Waals surface area contributed by atoms with E-state index in [0.717, 1.165) is 13.2 Å². The van der Waals surface area contributed by atoms with Gasteiger partial charge in [-0.15, -0.1) is 0 Å². The number of hydrogen-bond acceptors (Lipinski definition) is 3. The van der Waals surface area contributed by atoms with E-state index in [9.17, 15) is 0 Å². The van der Waals surface area contributed by atoms with E-state index in [2.05, 4.69) is 32.6 Å². The molecule has 0 amide bonds. The maximum atomic E-state index is 6.22. The van der Waals surface area contributed by atoms with Crippen molar-refractivity contribution in [1.82, 2.24) is 4.90 Å². The highest BCUT2D eigenvalue weighted by Gasteiger charge is 2.42. The van der Waals surface area contributed by atoms with Crippen molar-refractivity contribution in [2.45, 2.75) is 65.0 Å². The molecule has 1 aliphatic carbocycles. The molecule has 1 aliphatic rings. The Morgan fingerprint density at radius 2 is 1.79 bits per heavy atom. The van der Waals surface area contributed by atoms with Crippen LogP contribution in [0.25, 0.3) is 0 Å². The van der Waals surface area contributed by atoms with Crippen LogP contribution in [0.2, 0.25) is 0 Å². The topological polar surface area (TPSA) is 38.5 Å². The van der Waals surface area contributed by atoms with Gasteiger partial charge in [0.1, 0.15) is 0 Å². The first kappa shape index (κ1) is 16.9. The lowest BCUT2D eigenvalue weighted by Gasteiger charge is -2.50. The van der Waals surface area contributed by atoms with Gasteiger partial charge in [0.05, 0.1) is 12.1 Å². The van der Waals surface area contributed by atoms with Crippen LogP contribution in [0, 0.1) is 11.8 Å². The highest BCUT2D eigenvalue weighted by Crippen LogP contribution is 2.34. The molecule has 0 spiro atoms. The minimum absolute atomic E-state index is 0.00593. The fourth-order valence-electron chi connectivity index (χ4n) is 3.55. The van der Waals surface area contributed by atoms with Crippen LogP contribution in [0.1, 0.15) is 53.4 Å². The van der Waals surface area contributed by atoms with Gasteiger partial charge in [-0.3, -0.25) is 4.90 Å². The summed E-state index contributed by atoms with van der Waals surface area (Å²) < 4.78 is 5.56. The summed E-state index contributed by atoms with van der Waals surface area (Å²) in [6.45, 7) is 11.7. The van der Waals surface area contributed by atoms with Gasteiger partial charge < -0.3 is 10.5 Å². The molecule has 1 atom stereocenters. The lowest BCUT2D eigenvalue weighted by molar-refractivity contribution is -0.0458. The lowest BCUT2D eigenvalue weighted by atomic mass is 9.83. The number of methoxy groups -OCH3 is 1. The fourth-order valence-corrected chi connectivity index (χ4v) is 3.55. The Balaban J connectivity index is 3.00. The fraction of sp³-hybridized carbons (Fsp3) is 1.00. The first-order chi connectivity index (χ1) is 8.97. The molecule has 1 saturated carbocycles. The zero-order valence-electron chi connectivity index (χ0n) is 13.6. The second-order valence-electron chi connectivity index (χ2n) is 6.88. The molecule has 3 nitrogen and oxygen atoms in total. The molecule has 0 bridgehead atoms. The van der Waals surface area contributed by atoms with Crippen LogP contribution in [0.15, 0.2) is 0 Å². The third-order valence-corrected chi connectivity index (χ3v) is 4.72. The van der Waals surface area contributed by atoms with E-state index in [-0.39, 0.29) is 5.54 Å². The van der Waals surface area contributed by atoms with Crippen LogP contribution in [0.5, 0.6) is 0 Å². The van der Waals surface area contributed by atoms with Crippen molar-refractivity contribution in [3.63, 3.8) is 0 Å². The van der Waals surface area contributed by atoms with Gasteiger partial charge in [-0.2, -0.15) is 0 Å². The summed E-state index contributed by atoms with van der Waals surface area (Å²) in [5.41, 5.74) is 6.21. The summed E-state index contributed by atoms with van der Waals surface area (Å²) >= 11 is 0. The molecule has 0 saturated heterocycles. The van der Waals surface area contributed by atoms with E-state index in [1.807, 2.05) is 0 Å². The molecule has 0 heterocycles.